The maximum atomic E-state index is 5.96. The summed E-state index contributed by atoms with van der Waals surface area (Å²) in [5, 5.41) is 6.73. The number of para-hydroxylation sites is 2. The first-order valence-corrected chi connectivity index (χ1v) is 9.37. The van der Waals surface area contributed by atoms with E-state index in [-0.39, 0.29) is 6.10 Å². The van der Waals surface area contributed by atoms with E-state index in [1.54, 1.807) is 7.05 Å². The standard InChI is InChI=1S/C19H30N4O3/c1-15(13-23-7-9-24-10-8-23)11-21-19(20-2)22-12-16-14-25-17-5-3-4-6-18(17)26-16/h3-6,15-16H,7-14H2,1-2H3,(H2,20,21,22). The first kappa shape index (κ1) is 18.8. The number of hydrogen-bond donors (Lipinski definition) is 2. The third kappa shape index (κ3) is 5.51. The molecule has 2 atom stereocenters. The lowest BCUT2D eigenvalue weighted by atomic mass is 10.1. The zero-order valence-electron chi connectivity index (χ0n) is 15.7. The summed E-state index contributed by atoms with van der Waals surface area (Å²) in [6.45, 7) is 9.12. The summed E-state index contributed by atoms with van der Waals surface area (Å²) in [6, 6.07) is 7.76. The van der Waals surface area contributed by atoms with Gasteiger partial charge in [-0.15, -0.1) is 0 Å². The molecule has 1 saturated heterocycles. The number of benzene rings is 1. The molecule has 3 rings (SSSR count). The van der Waals surface area contributed by atoms with E-state index in [1.165, 1.54) is 0 Å². The zero-order chi connectivity index (χ0) is 18.2. The highest BCUT2D eigenvalue weighted by molar-refractivity contribution is 5.79. The van der Waals surface area contributed by atoms with Crippen LogP contribution in [0, 0.1) is 5.92 Å². The Kier molecular flexibility index (Phi) is 6.96. The van der Waals surface area contributed by atoms with Gasteiger partial charge in [-0.3, -0.25) is 9.89 Å². The first-order chi connectivity index (χ1) is 12.7. The van der Waals surface area contributed by atoms with Crippen molar-refractivity contribution in [1.82, 2.24) is 15.5 Å². The Bertz CT molecular complexity index is 590. The molecule has 7 heteroatoms. The molecular weight excluding hydrogens is 332 g/mol. The quantitative estimate of drug-likeness (QED) is 0.580. The molecule has 2 heterocycles. The van der Waals surface area contributed by atoms with E-state index in [0.717, 1.165) is 56.9 Å². The molecule has 2 aliphatic heterocycles. The largest absolute Gasteiger partial charge is 0.486 e. The third-order valence-corrected chi connectivity index (χ3v) is 4.58. The molecule has 2 aliphatic rings. The van der Waals surface area contributed by atoms with Crippen LogP contribution in [0.4, 0.5) is 0 Å². The molecule has 0 spiro atoms. The van der Waals surface area contributed by atoms with Gasteiger partial charge in [-0.1, -0.05) is 19.1 Å². The van der Waals surface area contributed by atoms with Crippen molar-refractivity contribution in [3.63, 3.8) is 0 Å². The zero-order valence-corrected chi connectivity index (χ0v) is 15.7. The highest BCUT2D eigenvalue weighted by Gasteiger charge is 2.21. The fourth-order valence-corrected chi connectivity index (χ4v) is 3.15. The van der Waals surface area contributed by atoms with E-state index < -0.39 is 0 Å². The van der Waals surface area contributed by atoms with Crippen LogP contribution >= 0.6 is 0 Å². The second-order valence-electron chi connectivity index (χ2n) is 6.85. The third-order valence-electron chi connectivity index (χ3n) is 4.58. The average Bonchev–Trinajstić information content (AvgIpc) is 2.68. The number of ether oxygens (including phenoxy) is 3. The minimum Gasteiger partial charge on any atom is -0.486 e. The summed E-state index contributed by atoms with van der Waals surface area (Å²) in [4.78, 5) is 6.76. The maximum Gasteiger partial charge on any atom is 0.191 e. The van der Waals surface area contributed by atoms with Gasteiger partial charge >= 0.3 is 0 Å². The normalized spacial score (nSPS) is 21.9. The van der Waals surface area contributed by atoms with Crippen molar-refractivity contribution in [3.8, 4) is 11.5 Å². The highest BCUT2D eigenvalue weighted by Crippen LogP contribution is 2.30. The Hall–Kier alpha value is -1.99. The number of nitrogens with zero attached hydrogens (tertiary/aromatic N) is 2. The van der Waals surface area contributed by atoms with Crippen molar-refractivity contribution in [2.75, 3.05) is 59.6 Å². The van der Waals surface area contributed by atoms with Crippen LogP contribution in [0.15, 0.2) is 29.3 Å². The lowest BCUT2D eigenvalue weighted by Gasteiger charge is -2.29. The van der Waals surface area contributed by atoms with E-state index in [0.29, 0.717) is 19.1 Å². The molecule has 2 unspecified atom stereocenters. The number of nitrogens with one attached hydrogen (secondary N) is 2. The van der Waals surface area contributed by atoms with Gasteiger partial charge in [0.2, 0.25) is 0 Å². The maximum absolute atomic E-state index is 5.96. The van der Waals surface area contributed by atoms with Crippen LogP contribution in [-0.2, 0) is 4.74 Å². The molecule has 2 N–H and O–H groups in total. The molecule has 7 nitrogen and oxygen atoms in total. The molecular formula is C19H30N4O3. The van der Waals surface area contributed by atoms with Crippen LogP contribution in [0.3, 0.4) is 0 Å². The number of guanidine groups is 1. The molecule has 0 aliphatic carbocycles. The molecule has 1 aromatic carbocycles. The summed E-state index contributed by atoms with van der Waals surface area (Å²) >= 11 is 0. The molecule has 26 heavy (non-hydrogen) atoms. The van der Waals surface area contributed by atoms with Gasteiger partial charge in [0.1, 0.15) is 12.7 Å². The molecule has 1 aromatic rings. The molecule has 0 bridgehead atoms. The van der Waals surface area contributed by atoms with E-state index >= 15 is 0 Å². The van der Waals surface area contributed by atoms with Crippen LogP contribution < -0.4 is 20.1 Å². The lowest BCUT2D eigenvalue weighted by molar-refractivity contribution is 0.0320. The number of rotatable bonds is 6. The van der Waals surface area contributed by atoms with Crippen LogP contribution in [-0.4, -0.2) is 76.6 Å². The fourth-order valence-electron chi connectivity index (χ4n) is 3.15. The van der Waals surface area contributed by atoms with Gasteiger partial charge in [0, 0.05) is 33.2 Å². The molecule has 144 valence electrons. The smallest absolute Gasteiger partial charge is 0.191 e. The van der Waals surface area contributed by atoms with Crippen molar-refractivity contribution in [1.29, 1.82) is 0 Å². The van der Waals surface area contributed by atoms with Crippen LogP contribution in [0.25, 0.3) is 0 Å². The predicted molar refractivity (Wildman–Crippen MR) is 102 cm³/mol. The minimum atomic E-state index is -0.0331. The fraction of sp³-hybridized carbons (Fsp3) is 0.632. The Labute approximate surface area is 155 Å². The van der Waals surface area contributed by atoms with Crippen LogP contribution in [0.5, 0.6) is 11.5 Å². The minimum absolute atomic E-state index is 0.0331. The molecule has 0 saturated carbocycles. The van der Waals surface area contributed by atoms with E-state index in [9.17, 15) is 0 Å². The second-order valence-corrected chi connectivity index (χ2v) is 6.85. The Morgan fingerprint density at radius 2 is 2.00 bits per heavy atom. The Balaban J connectivity index is 1.37. The van der Waals surface area contributed by atoms with Gasteiger partial charge in [0.15, 0.2) is 17.5 Å². The number of aliphatic imine (C=N–C) groups is 1. The van der Waals surface area contributed by atoms with Gasteiger partial charge < -0.3 is 24.8 Å². The van der Waals surface area contributed by atoms with E-state index in [4.69, 9.17) is 14.2 Å². The SMILES string of the molecule is CN=C(NCC(C)CN1CCOCC1)NCC1COc2ccccc2O1. The topological polar surface area (TPSA) is 67.4 Å². The molecule has 1 fully saturated rings. The van der Waals surface area contributed by atoms with Crippen molar-refractivity contribution >= 4 is 5.96 Å². The monoisotopic (exact) mass is 362 g/mol. The van der Waals surface area contributed by atoms with Crippen molar-refractivity contribution in [3.05, 3.63) is 24.3 Å². The summed E-state index contributed by atoms with van der Waals surface area (Å²) in [6.07, 6.45) is -0.0331. The van der Waals surface area contributed by atoms with Crippen molar-refractivity contribution in [2.45, 2.75) is 13.0 Å². The lowest BCUT2D eigenvalue weighted by Crippen LogP contribution is -2.47. The first-order valence-electron chi connectivity index (χ1n) is 9.37. The van der Waals surface area contributed by atoms with Gasteiger partial charge in [0.05, 0.1) is 19.8 Å². The van der Waals surface area contributed by atoms with Gasteiger partial charge in [0.25, 0.3) is 0 Å². The number of fused-ring (bicyclic) bond motifs is 1. The summed E-state index contributed by atoms with van der Waals surface area (Å²) < 4.78 is 17.1. The number of hydrogen-bond acceptors (Lipinski definition) is 5. The summed E-state index contributed by atoms with van der Waals surface area (Å²) in [5.41, 5.74) is 0. The van der Waals surface area contributed by atoms with Gasteiger partial charge in [-0.25, -0.2) is 0 Å². The van der Waals surface area contributed by atoms with E-state index in [2.05, 4.69) is 27.4 Å². The van der Waals surface area contributed by atoms with Gasteiger partial charge in [-0.2, -0.15) is 0 Å². The van der Waals surface area contributed by atoms with E-state index in [1.807, 2.05) is 24.3 Å². The summed E-state index contributed by atoms with van der Waals surface area (Å²) in [7, 11) is 1.79. The highest BCUT2D eigenvalue weighted by atomic mass is 16.6. The molecule has 0 aromatic heterocycles. The van der Waals surface area contributed by atoms with Crippen molar-refractivity contribution < 1.29 is 14.2 Å². The predicted octanol–water partition coefficient (Wildman–Crippen LogP) is 0.960. The molecule has 0 amide bonds. The Morgan fingerprint density at radius 1 is 1.23 bits per heavy atom. The molecule has 0 radical (unpaired) electrons. The van der Waals surface area contributed by atoms with Gasteiger partial charge in [-0.05, 0) is 18.1 Å². The van der Waals surface area contributed by atoms with Crippen molar-refractivity contribution in [2.24, 2.45) is 10.9 Å². The van der Waals surface area contributed by atoms with Crippen LogP contribution in [0.2, 0.25) is 0 Å². The Morgan fingerprint density at radius 3 is 2.77 bits per heavy atom. The second kappa shape index (κ2) is 9.64. The van der Waals surface area contributed by atoms with Crippen LogP contribution in [0.1, 0.15) is 6.92 Å². The number of morpholine rings is 1. The average molecular weight is 362 g/mol. The summed E-state index contributed by atoms with van der Waals surface area (Å²) in [5.74, 6) is 2.94.